The number of para-hydroxylation sites is 1. The van der Waals surface area contributed by atoms with Crippen LogP contribution in [0.3, 0.4) is 0 Å². The van der Waals surface area contributed by atoms with Crippen molar-refractivity contribution in [1.82, 2.24) is 14.9 Å². The van der Waals surface area contributed by atoms with Gasteiger partial charge in [0.25, 0.3) is 5.91 Å². The second-order valence-corrected chi connectivity index (χ2v) is 6.07. The third-order valence-corrected chi connectivity index (χ3v) is 4.32. The molecule has 4 nitrogen and oxygen atoms in total. The number of nitrogens with one attached hydrogen (secondary N) is 1. The molecule has 1 aliphatic heterocycles. The topological polar surface area (TPSA) is 46.9 Å². The van der Waals surface area contributed by atoms with Gasteiger partial charge < -0.3 is 9.88 Å². The van der Waals surface area contributed by atoms with E-state index in [1.165, 1.54) is 12.1 Å². The molecule has 0 atom stereocenters. The van der Waals surface area contributed by atoms with Gasteiger partial charge in [-0.1, -0.05) is 30.3 Å². The molecule has 0 aliphatic carbocycles. The van der Waals surface area contributed by atoms with Gasteiger partial charge in [0.15, 0.2) is 0 Å². The third kappa shape index (κ3) is 2.34. The number of imidazole rings is 1. The minimum absolute atomic E-state index is 0.136. The molecule has 24 heavy (non-hydrogen) atoms. The van der Waals surface area contributed by atoms with E-state index in [9.17, 15) is 13.6 Å². The second kappa shape index (κ2) is 5.27. The molecular weight excluding hydrogens is 336 g/mol. The lowest BCUT2D eigenvalue weighted by molar-refractivity contribution is 0.0947. The average Bonchev–Trinajstić information content (AvgIpc) is 2.83. The van der Waals surface area contributed by atoms with Gasteiger partial charge in [-0.15, -0.1) is 0 Å². The van der Waals surface area contributed by atoms with E-state index in [-0.39, 0.29) is 11.5 Å². The van der Waals surface area contributed by atoms with Crippen LogP contribution in [0.25, 0.3) is 22.4 Å². The maximum atomic E-state index is 13.2. The van der Waals surface area contributed by atoms with Gasteiger partial charge >= 0.3 is 5.38 Å². The number of alkyl halides is 3. The molecule has 3 aromatic rings. The van der Waals surface area contributed by atoms with Crippen molar-refractivity contribution in [2.45, 2.75) is 11.9 Å². The summed E-state index contributed by atoms with van der Waals surface area (Å²) in [5.74, 6) is 0.501. The number of hydrogen-bond acceptors (Lipinski definition) is 2. The van der Waals surface area contributed by atoms with Gasteiger partial charge in [-0.3, -0.25) is 4.79 Å². The molecule has 0 fully saturated rings. The summed E-state index contributed by atoms with van der Waals surface area (Å²) >= 11 is 5.05. The number of benzene rings is 2. The molecule has 4 rings (SSSR count). The first kappa shape index (κ1) is 15.1. The SMILES string of the molecule is O=C1NCCn2c(-c3ccc(C(F)(F)Cl)cc3)nc3cccc1c32. The van der Waals surface area contributed by atoms with Gasteiger partial charge in [-0.25, -0.2) is 4.98 Å². The van der Waals surface area contributed by atoms with Crippen LogP contribution in [0.2, 0.25) is 0 Å². The molecule has 1 aromatic heterocycles. The fourth-order valence-corrected chi connectivity index (χ4v) is 3.12. The molecule has 0 saturated heterocycles. The highest BCUT2D eigenvalue weighted by molar-refractivity contribution is 6.21. The molecule has 1 amide bonds. The molecule has 0 spiro atoms. The molecule has 0 bridgehead atoms. The normalized spacial score (nSPS) is 14.5. The lowest BCUT2D eigenvalue weighted by Gasteiger charge is -2.10. The van der Waals surface area contributed by atoms with Crippen LogP contribution >= 0.6 is 11.6 Å². The van der Waals surface area contributed by atoms with Crippen molar-refractivity contribution in [3.63, 3.8) is 0 Å². The van der Waals surface area contributed by atoms with E-state index < -0.39 is 5.38 Å². The van der Waals surface area contributed by atoms with Crippen LogP contribution in [0, 0.1) is 0 Å². The number of carbonyl (C=O) groups excluding carboxylic acids is 1. The molecule has 0 saturated carbocycles. The predicted molar refractivity (Wildman–Crippen MR) is 87.2 cm³/mol. The summed E-state index contributed by atoms with van der Waals surface area (Å²) in [5.41, 5.74) is 2.45. The van der Waals surface area contributed by atoms with Gasteiger partial charge in [-0.2, -0.15) is 8.78 Å². The number of hydrogen-bond donors (Lipinski definition) is 1. The van der Waals surface area contributed by atoms with Crippen molar-refractivity contribution in [1.29, 1.82) is 0 Å². The van der Waals surface area contributed by atoms with Crippen LogP contribution < -0.4 is 5.32 Å². The summed E-state index contributed by atoms with van der Waals surface area (Å²) in [6, 6.07) is 11.1. The number of halogens is 3. The molecule has 0 unspecified atom stereocenters. The Morgan fingerprint density at radius 3 is 2.62 bits per heavy atom. The molecule has 7 heteroatoms. The minimum Gasteiger partial charge on any atom is -0.350 e. The summed E-state index contributed by atoms with van der Waals surface area (Å²) in [4.78, 5) is 16.7. The first-order valence-electron chi connectivity index (χ1n) is 7.40. The van der Waals surface area contributed by atoms with Gasteiger partial charge in [0.1, 0.15) is 5.82 Å². The quantitative estimate of drug-likeness (QED) is 0.718. The standard InChI is InChI=1S/C17H12ClF2N3O/c18-17(19,20)11-6-4-10(5-7-11)15-22-13-3-1-2-12-14(13)23(15)9-8-21-16(12)24/h1-7H,8-9H2,(H,21,24). The van der Waals surface area contributed by atoms with E-state index in [0.717, 1.165) is 5.52 Å². The van der Waals surface area contributed by atoms with Crippen molar-refractivity contribution in [2.24, 2.45) is 0 Å². The summed E-state index contributed by atoms with van der Waals surface area (Å²) in [6.07, 6.45) is 0. The summed E-state index contributed by atoms with van der Waals surface area (Å²) in [6.45, 7) is 1.03. The number of rotatable bonds is 2. The number of aromatic nitrogens is 2. The molecular formula is C17H12ClF2N3O. The van der Waals surface area contributed by atoms with Gasteiger partial charge in [0.05, 0.1) is 16.6 Å². The van der Waals surface area contributed by atoms with Crippen LogP contribution in [-0.2, 0) is 11.9 Å². The van der Waals surface area contributed by atoms with E-state index in [1.54, 1.807) is 24.3 Å². The highest BCUT2D eigenvalue weighted by atomic mass is 35.5. The Bertz CT molecular complexity index is 945. The number of carbonyl (C=O) groups is 1. The molecule has 2 aromatic carbocycles. The highest BCUT2D eigenvalue weighted by Gasteiger charge is 2.28. The van der Waals surface area contributed by atoms with Crippen molar-refractivity contribution in [3.05, 3.63) is 53.6 Å². The Hall–Kier alpha value is -2.47. The van der Waals surface area contributed by atoms with Crippen LogP contribution in [-0.4, -0.2) is 22.0 Å². The zero-order valence-corrected chi connectivity index (χ0v) is 13.1. The first-order chi connectivity index (χ1) is 11.4. The minimum atomic E-state index is -3.40. The zero-order valence-electron chi connectivity index (χ0n) is 12.4. The average molecular weight is 348 g/mol. The van der Waals surface area contributed by atoms with Gasteiger partial charge in [0.2, 0.25) is 0 Å². The fourth-order valence-electron chi connectivity index (χ4n) is 2.99. The summed E-state index contributed by atoms with van der Waals surface area (Å²) in [7, 11) is 0. The predicted octanol–water partition coefficient (Wildman–Crippen LogP) is 3.73. The monoisotopic (exact) mass is 347 g/mol. The van der Waals surface area contributed by atoms with Crippen LogP contribution in [0.4, 0.5) is 8.78 Å². The lowest BCUT2D eigenvalue weighted by Crippen LogP contribution is -2.24. The molecule has 1 aliphatic rings. The van der Waals surface area contributed by atoms with Crippen molar-refractivity contribution >= 4 is 28.5 Å². The Kier molecular flexibility index (Phi) is 3.31. The maximum absolute atomic E-state index is 13.2. The Labute approximate surface area is 141 Å². The molecule has 122 valence electrons. The second-order valence-electron chi connectivity index (χ2n) is 5.59. The summed E-state index contributed by atoms with van der Waals surface area (Å²) < 4.78 is 28.3. The third-order valence-electron chi connectivity index (χ3n) is 4.10. The van der Waals surface area contributed by atoms with Gasteiger partial charge in [-0.05, 0) is 23.7 Å². The zero-order chi connectivity index (χ0) is 16.9. The Morgan fingerprint density at radius 1 is 1.17 bits per heavy atom. The van der Waals surface area contributed by atoms with Crippen LogP contribution in [0.5, 0.6) is 0 Å². The van der Waals surface area contributed by atoms with E-state index in [1.807, 2.05) is 10.6 Å². The Morgan fingerprint density at radius 2 is 1.92 bits per heavy atom. The van der Waals surface area contributed by atoms with E-state index in [2.05, 4.69) is 10.3 Å². The van der Waals surface area contributed by atoms with Gasteiger partial charge in [0, 0.05) is 24.2 Å². The molecule has 1 N–H and O–H groups in total. The molecule has 2 heterocycles. The highest BCUT2D eigenvalue weighted by Crippen LogP contribution is 2.34. The fraction of sp³-hybridized carbons (Fsp3) is 0.176. The number of nitrogens with zero attached hydrogens (tertiary/aromatic N) is 2. The van der Waals surface area contributed by atoms with Crippen molar-refractivity contribution < 1.29 is 13.6 Å². The smallest absolute Gasteiger partial charge is 0.348 e. The van der Waals surface area contributed by atoms with E-state index in [0.29, 0.717) is 35.6 Å². The van der Waals surface area contributed by atoms with E-state index in [4.69, 9.17) is 11.6 Å². The molecule has 0 radical (unpaired) electrons. The van der Waals surface area contributed by atoms with Crippen molar-refractivity contribution in [2.75, 3.05) is 6.54 Å². The summed E-state index contributed by atoms with van der Waals surface area (Å²) in [5, 5.41) is -0.557. The van der Waals surface area contributed by atoms with Crippen LogP contribution in [0.15, 0.2) is 42.5 Å². The first-order valence-corrected chi connectivity index (χ1v) is 7.78. The van der Waals surface area contributed by atoms with Crippen molar-refractivity contribution in [3.8, 4) is 11.4 Å². The maximum Gasteiger partial charge on any atom is 0.348 e. The lowest BCUT2D eigenvalue weighted by atomic mass is 10.1. The Balaban J connectivity index is 1.90. The number of amides is 1. The largest absolute Gasteiger partial charge is 0.350 e. The van der Waals surface area contributed by atoms with Crippen LogP contribution in [0.1, 0.15) is 15.9 Å². The van der Waals surface area contributed by atoms with E-state index >= 15 is 0 Å².